The van der Waals surface area contributed by atoms with Gasteiger partial charge in [-0.2, -0.15) is 0 Å². The molecule has 0 saturated heterocycles. The standard InChI is InChI=1S/C22H27N/c1-5-12-22(4,6-2)19-9-7-8-17(14-19)21-15-18-13-16(3)10-11-20(18)23-21/h7-11,13-15,23H,5-6,12H2,1-4H3/t22-/m0/s1. The van der Waals surface area contributed by atoms with Gasteiger partial charge in [-0.1, -0.05) is 57.0 Å². The minimum atomic E-state index is 0.271. The summed E-state index contributed by atoms with van der Waals surface area (Å²) in [7, 11) is 0. The van der Waals surface area contributed by atoms with Crippen molar-refractivity contribution < 1.29 is 0 Å². The number of H-pyrrole nitrogens is 1. The Bertz CT molecular complexity index is 812. The molecule has 1 N–H and O–H groups in total. The fourth-order valence-corrected chi connectivity index (χ4v) is 3.55. The molecule has 0 spiro atoms. The number of aromatic amines is 1. The maximum atomic E-state index is 3.57. The number of hydrogen-bond acceptors (Lipinski definition) is 0. The number of nitrogens with one attached hydrogen (secondary N) is 1. The van der Waals surface area contributed by atoms with Crippen LogP contribution in [0, 0.1) is 6.92 Å². The van der Waals surface area contributed by atoms with Gasteiger partial charge in [0.05, 0.1) is 0 Å². The van der Waals surface area contributed by atoms with Gasteiger partial charge in [-0.25, -0.2) is 0 Å². The second kappa shape index (κ2) is 6.23. The molecule has 23 heavy (non-hydrogen) atoms. The molecule has 0 aliphatic rings. The molecule has 1 heteroatoms. The zero-order chi connectivity index (χ0) is 16.4. The van der Waals surface area contributed by atoms with Crippen LogP contribution in [0.25, 0.3) is 22.2 Å². The van der Waals surface area contributed by atoms with Crippen molar-refractivity contribution in [3.8, 4) is 11.3 Å². The summed E-state index contributed by atoms with van der Waals surface area (Å²) in [5, 5.41) is 1.29. The normalized spacial score (nSPS) is 14.1. The molecule has 3 rings (SSSR count). The predicted molar refractivity (Wildman–Crippen MR) is 101 cm³/mol. The fourth-order valence-electron chi connectivity index (χ4n) is 3.55. The van der Waals surface area contributed by atoms with Crippen molar-refractivity contribution in [2.24, 2.45) is 0 Å². The number of rotatable bonds is 5. The van der Waals surface area contributed by atoms with E-state index in [2.05, 4.69) is 81.2 Å². The number of aryl methyl sites for hydroxylation is 1. The third kappa shape index (κ3) is 3.06. The second-order valence-corrected chi connectivity index (χ2v) is 7.02. The van der Waals surface area contributed by atoms with Crippen LogP contribution in [0.4, 0.5) is 0 Å². The highest BCUT2D eigenvalue weighted by Gasteiger charge is 2.23. The molecular formula is C22H27N. The fraction of sp³-hybridized carbons (Fsp3) is 0.364. The summed E-state index contributed by atoms with van der Waals surface area (Å²) in [6.45, 7) is 9.11. The Hall–Kier alpha value is -2.02. The Kier molecular flexibility index (Phi) is 4.30. The molecule has 0 amide bonds. The van der Waals surface area contributed by atoms with Gasteiger partial charge in [-0.15, -0.1) is 0 Å². The van der Waals surface area contributed by atoms with E-state index >= 15 is 0 Å². The first-order chi connectivity index (χ1) is 11.1. The van der Waals surface area contributed by atoms with Crippen molar-refractivity contribution in [3.63, 3.8) is 0 Å². The third-order valence-corrected chi connectivity index (χ3v) is 5.23. The molecule has 0 fully saturated rings. The molecule has 0 bridgehead atoms. The van der Waals surface area contributed by atoms with Crippen molar-refractivity contribution in [3.05, 3.63) is 59.7 Å². The topological polar surface area (TPSA) is 15.8 Å². The van der Waals surface area contributed by atoms with Crippen LogP contribution < -0.4 is 0 Å². The smallest absolute Gasteiger partial charge is 0.0464 e. The van der Waals surface area contributed by atoms with Crippen LogP contribution in [0.2, 0.25) is 0 Å². The molecule has 1 atom stereocenters. The summed E-state index contributed by atoms with van der Waals surface area (Å²) in [6.07, 6.45) is 3.63. The lowest BCUT2D eigenvalue weighted by atomic mass is 9.76. The van der Waals surface area contributed by atoms with Crippen molar-refractivity contribution >= 4 is 10.9 Å². The number of fused-ring (bicyclic) bond motifs is 1. The first-order valence-corrected chi connectivity index (χ1v) is 8.76. The summed E-state index contributed by atoms with van der Waals surface area (Å²) >= 11 is 0. The summed E-state index contributed by atoms with van der Waals surface area (Å²) in [5.41, 5.74) is 6.73. The maximum Gasteiger partial charge on any atom is 0.0464 e. The van der Waals surface area contributed by atoms with E-state index < -0.39 is 0 Å². The molecule has 2 aromatic carbocycles. The van der Waals surface area contributed by atoms with E-state index in [1.165, 1.54) is 52.5 Å². The summed E-state index contributed by atoms with van der Waals surface area (Å²) in [4.78, 5) is 3.57. The zero-order valence-corrected chi connectivity index (χ0v) is 14.7. The van der Waals surface area contributed by atoms with Gasteiger partial charge in [0.1, 0.15) is 0 Å². The van der Waals surface area contributed by atoms with E-state index in [1.807, 2.05) is 0 Å². The molecule has 1 aromatic heterocycles. The van der Waals surface area contributed by atoms with Crippen LogP contribution in [0.1, 0.15) is 51.2 Å². The quantitative estimate of drug-likeness (QED) is 0.546. The largest absolute Gasteiger partial charge is 0.355 e. The monoisotopic (exact) mass is 305 g/mol. The van der Waals surface area contributed by atoms with Crippen LogP contribution in [0.3, 0.4) is 0 Å². The second-order valence-electron chi connectivity index (χ2n) is 7.02. The average molecular weight is 305 g/mol. The highest BCUT2D eigenvalue weighted by Crippen LogP contribution is 2.35. The van der Waals surface area contributed by atoms with Gasteiger partial charge in [0.15, 0.2) is 0 Å². The molecule has 0 aliphatic carbocycles. The summed E-state index contributed by atoms with van der Waals surface area (Å²) < 4.78 is 0. The van der Waals surface area contributed by atoms with Crippen LogP contribution in [-0.4, -0.2) is 4.98 Å². The van der Waals surface area contributed by atoms with Gasteiger partial charge < -0.3 is 4.98 Å². The van der Waals surface area contributed by atoms with Gasteiger partial charge in [0, 0.05) is 16.6 Å². The molecule has 1 heterocycles. The molecule has 0 saturated carbocycles. The Labute approximate surface area is 139 Å². The lowest BCUT2D eigenvalue weighted by molar-refractivity contribution is 0.414. The van der Waals surface area contributed by atoms with Crippen LogP contribution in [-0.2, 0) is 5.41 Å². The number of benzene rings is 2. The van der Waals surface area contributed by atoms with Crippen molar-refractivity contribution in [2.75, 3.05) is 0 Å². The summed E-state index contributed by atoms with van der Waals surface area (Å²) in [6, 6.07) is 17.9. The molecule has 3 aromatic rings. The first-order valence-electron chi connectivity index (χ1n) is 8.76. The Morgan fingerprint density at radius 3 is 2.57 bits per heavy atom. The highest BCUT2D eigenvalue weighted by molar-refractivity contribution is 5.86. The Morgan fingerprint density at radius 1 is 1.00 bits per heavy atom. The molecule has 1 nitrogen and oxygen atoms in total. The van der Waals surface area contributed by atoms with E-state index in [9.17, 15) is 0 Å². The van der Waals surface area contributed by atoms with Crippen molar-refractivity contribution in [1.29, 1.82) is 0 Å². The molecular weight excluding hydrogens is 278 g/mol. The van der Waals surface area contributed by atoms with E-state index in [0.29, 0.717) is 0 Å². The van der Waals surface area contributed by atoms with Gasteiger partial charge >= 0.3 is 0 Å². The van der Waals surface area contributed by atoms with Crippen LogP contribution in [0.15, 0.2) is 48.5 Å². The van der Waals surface area contributed by atoms with Crippen molar-refractivity contribution in [2.45, 2.75) is 52.4 Å². The predicted octanol–water partition coefficient (Wildman–Crippen LogP) is 6.61. The SMILES string of the molecule is CCC[C@](C)(CC)c1cccc(-c2cc3cc(C)ccc3[nH]2)c1. The lowest BCUT2D eigenvalue weighted by Crippen LogP contribution is -2.20. The third-order valence-electron chi connectivity index (χ3n) is 5.23. The first kappa shape index (κ1) is 15.9. The summed E-state index contributed by atoms with van der Waals surface area (Å²) in [5.74, 6) is 0. The average Bonchev–Trinajstić information content (AvgIpc) is 2.98. The highest BCUT2D eigenvalue weighted by atomic mass is 14.7. The Morgan fingerprint density at radius 2 is 1.83 bits per heavy atom. The van der Waals surface area contributed by atoms with E-state index in [-0.39, 0.29) is 5.41 Å². The van der Waals surface area contributed by atoms with Crippen LogP contribution in [0.5, 0.6) is 0 Å². The van der Waals surface area contributed by atoms with Gasteiger partial charge in [-0.3, -0.25) is 0 Å². The van der Waals surface area contributed by atoms with Gasteiger partial charge in [0.2, 0.25) is 0 Å². The van der Waals surface area contributed by atoms with Crippen LogP contribution >= 0.6 is 0 Å². The lowest BCUT2D eigenvalue weighted by Gasteiger charge is -2.29. The minimum Gasteiger partial charge on any atom is -0.355 e. The molecule has 0 unspecified atom stereocenters. The minimum absolute atomic E-state index is 0.271. The maximum absolute atomic E-state index is 3.57. The van der Waals surface area contributed by atoms with Gasteiger partial charge in [-0.05, 0) is 60.6 Å². The van der Waals surface area contributed by atoms with E-state index in [4.69, 9.17) is 0 Å². The molecule has 0 radical (unpaired) electrons. The number of hydrogen-bond donors (Lipinski definition) is 1. The Balaban J connectivity index is 2.04. The van der Waals surface area contributed by atoms with E-state index in [1.54, 1.807) is 0 Å². The zero-order valence-electron chi connectivity index (χ0n) is 14.7. The molecule has 120 valence electrons. The van der Waals surface area contributed by atoms with Gasteiger partial charge in [0.25, 0.3) is 0 Å². The number of aromatic nitrogens is 1. The van der Waals surface area contributed by atoms with Crippen molar-refractivity contribution in [1.82, 2.24) is 4.98 Å². The van der Waals surface area contributed by atoms with E-state index in [0.717, 1.165) is 0 Å². The molecule has 0 aliphatic heterocycles.